The van der Waals surface area contributed by atoms with Crippen molar-refractivity contribution in [3.63, 3.8) is 0 Å². The Morgan fingerprint density at radius 1 is 1.09 bits per heavy atom. The number of pyridine rings is 1. The maximum absolute atomic E-state index is 13.5. The maximum atomic E-state index is 13.5. The van der Waals surface area contributed by atoms with Crippen molar-refractivity contribution in [2.45, 2.75) is 36.5 Å². The minimum Gasteiger partial charge on any atom is -0.328 e. The monoisotopic (exact) mass is 454 g/mol. The Kier molecular flexibility index (Phi) is 4.60. The van der Waals surface area contributed by atoms with Gasteiger partial charge in [0.25, 0.3) is 5.91 Å². The van der Waals surface area contributed by atoms with Gasteiger partial charge in [-0.25, -0.2) is 4.98 Å². The summed E-state index contributed by atoms with van der Waals surface area (Å²) in [6, 6.07) is 15.9. The van der Waals surface area contributed by atoms with Crippen molar-refractivity contribution in [1.82, 2.24) is 4.98 Å². The Hall–Kier alpha value is -3.25. The largest absolute Gasteiger partial charge is 0.419 e. The van der Waals surface area contributed by atoms with Crippen LogP contribution in [0, 0.1) is 11.3 Å². The van der Waals surface area contributed by atoms with Crippen molar-refractivity contribution in [2.75, 3.05) is 9.80 Å². The molecule has 1 unspecified atom stereocenters. The summed E-state index contributed by atoms with van der Waals surface area (Å²) in [5.41, 5.74) is -2.83. The molecular formula is C23H17F3N4OS. The zero-order chi connectivity index (χ0) is 22.7. The second-order valence-corrected chi connectivity index (χ2v) is 8.47. The fraction of sp³-hybridized carbons (Fsp3) is 0.261. The highest BCUT2D eigenvalue weighted by Crippen LogP contribution is 2.50. The van der Waals surface area contributed by atoms with Crippen molar-refractivity contribution in [1.29, 1.82) is 5.26 Å². The number of alkyl halides is 3. The predicted molar refractivity (Wildman–Crippen MR) is 117 cm³/mol. The van der Waals surface area contributed by atoms with E-state index in [1.54, 1.807) is 0 Å². The Morgan fingerprint density at radius 2 is 1.81 bits per heavy atom. The van der Waals surface area contributed by atoms with Crippen LogP contribution in [0.4, 0.5) is 24.5 Å². The van der Waals surface area contributed by atoms with Crippen LogP contribution in [0.2, 0.25) is 0 Å². The lowest BCUT2D eigenvalue weighted by atomic mass is 9.75. The van der Waals surface area contributed by atoms with Gasteiger partial charge in [0, 0.05) is 5.69 Å². The molecule has 2 heterocycles. The third kappa shape index (κ3) is 2.93. The molecule has 5 nitrogen and oxygen atoms in total. The molecule has 0 radical (unpaired) electrons. The van der Waals surface area contributed by atoms with Crippen molar-refractivity contribution < 1.29 is 18.0 Å². The molecule has 32 heavy (non-hydrogen) atoms. The van der Waals surface area contributed by atoms with Gasteiger partial charge in [-0.15, -0.1) is 12.6 Å². The van der Waals surface area contributed by atoms with E-state index in [0.717, 1.165) is 35.1 Å². The van der Waals surface area contributed by atoms with Crippen LogP contribution in [-0.4, -0.2) is 21.9 Å². The number of nitrogens with zero attached hydrogens (tertiary/aromatic N) is 4. The van der Waals surface area contributed by atoms with E-state index in [9.17, 15) is 18.0 Å². The molecular weight excluding hydrogens is 437 g/mol. The molecule has 5 rings (SSSR count). The molecule has 1 saturated carbocycles. The highest BCUT2D eigenvalue weighted by atomic mass is 32.1. The smallest absolute Gasteiger partial charge is 0.328 e. The average Bonchev–Trinajstić information content (AvgIpc) is 2.99. The molecule has 1 aliphatic carbocycles. The summed E-state index contributed by atoms with van der Waals surface area (Å²) in [4.78, 5) is 20.4. The van der Waals surface area contributed by atoms with E-state index >= 15 is 0 Å². The topological polar surface area (TPSA) is 60.2 Å². The van der Waals surface area contributed by atoms with E-state index in [1.165, 1.54) is 11.0 Å². The minimum absolute atomic E-state index is 0.0316. The van der Waals surface area contributed by atoms with Gasteiger partial charge in [0.1, 0.15) is 11.6 Å². The zero-order valence-corrected chi connectivity index (χ0v) is 17.6. The van der Waals surface area contributed by atoms with E-state index < -0.39 is 28.5 Å². The lowest BCUT2D eigenvalue weighted by molar-refractivity contribution is -0.138. The first-order valence-corrected chi connectivity index (χ1v) is 10.6. The molecule has 0 bridgehead atoms. The quantitative estimate of drug-likeness (QED) is 0.547. The number of amides is 1. The molecule has 1 atom stereocenters. The first kappa shape index (κ1) is 20.6. The van der Waals surface area contributed by atoms with Gasteiger partial charge in [0.15, 0.2) is 11.2 Å². The Labute approximate surface area is 187 Å². The van der Waals surface area contributed by atoms with Crippen molar-refractivity contribution in [2.24, 2.45) is 0 Å². The van der Waals surface area contributed by atoms with Gasteiger partial charge in [-0.2, -0.15) is 18.4 Å². The molecule has 1 saturated heterocycles. The van der Waals surface area contributed by atoms with Crippen LogP contribution in [0.15, 0.2) is 54.7 Å². The first-order chi connectivity index (χ1) is 15.3. The summed E-state index contributed by atoms with van der Waals surface area (Å²) in [7, 11) is 0. The molecule has 162 valence electrons. The van der Waals surface area contributed by atoms with Gasteiger partial charge in [-0.3, -0.25) is 9.69 Å². The molecule has 1 spiro atoms. The van der Waals surface area contributed by atoms with E-state index in [2.05, 4.69) is 17.6 Å². The highest BCUT2D eigenvalue weighted by Gasteiger charge is 2.60. The molecule has 1 aromatic heterocycles. The van der Waals surface area contributed by atoms with Crippen molar-refractivity contribution in [3.8, 4) is 6.07 Å². The summed E-state index contributed by atoms with van der Waals surface area (Å²) in [6.45, 7) is 0. The lowest BCUT2D eigenvalue weighted by Crippen LogP contribution is -2.55. The van der Waals surface area contributed by atoms with Crippen molar-refractivity contribution in [3.05, 3.63) is 66.0 Å². The number of aromatic nitrogens is 1. The number of benzene rings is 2. The normalized spacial score (nSPS) is 20.0. The molecule has 2 aromatic carbocycles. The van der Waals surface area contributed by atoms with Crippen LogP contribution >= 0.6 is 12.6 Å². The Morgan fingerprint density at radius 3 is 2.44 bits per heavy atom. The Balaban J connectivity index is 1.62. The maximum Gasteiger partial charge on any atom is 0.419 e. The fourth-order valence-electron chi connectivity index (χ4n) is 4.58. The number of carbonyl (C=O) groups excluding carboxylic acids is 1. The summed E-state index contributed by atoms with van der Waals surface area (Å²) in [6.07, 6.45) is -1.63. The van der Waals surface area contributed by atoms with Crippen LogP contribution in [0.3, 0.4) is 0 Å². The molecule has 2 fully saturated rings. The second kappa shape index (κ2) is 7.14. The third-order valence-electron chi connectivity index (χ3n) is 6.29. The number of thiol groups is 1. The molecule has 1 aliphatic heterocycles. The third-order valence-corrected chi connectivity index (χ3v) is 6.76. The number of carbonyl (C=O) groups is 1. The van der Waals surface area contributed by atoms with E-state index in [-0.39, 0.29) is 11.6 Å². The van der Waals surface area contributed by atoms with Gasteiger partial charge in [-0.1, -0.05) is 30.3 Å². The average molecular weight is 454 g/mol. The summed E-state index contributed by atoms with van der Waals surface area (Å²) in [5.74, 6) is -0.309. The van der Waals surface area contributed by atoms with Crippen molar-refractivity contribution >= 4 is 40.7 Å². The number of nitriles is 1. The lowest BCUT2D eigenvalue weighted by Gasteiger charge is -2.44. The van der Waals surface area contributed by atoms with Crippen LogP contribution < -0.4 is 9.80 Å². The summed E-state index contributed by atoms with van der Waals surface area (Å²) >= 11 is 4.67. The predicted octanol–water partition coefficient (Wildman–Crippen LogP) is 5.11. The van der Waals surface area contributed by atoms with Gasteiger partial charge < -0.3 is 4.90 Å². The number of hydrogen-bond donors (Lipinski definition) is 1. The van der Waals surface area contributed by atoms with E-state index in [0.29, 0.717) is 12.8 Å². The van der Waals surface area contributed by atoms with Crippen LogP contribution in [0.5, 0.6) is 0 Å². The number of hydrogen-bond acceptors (Lipinski definition) is 5. The summed E-state index contributed by atoms with van der Waals surface area (Å²) < 4.78 is 40.5. The van der Waals surface area contributed by atoms with Gasteiger partial charge >= 0.3 is 6.18 Å². The van der Waals surface area contributed by atoms with Gasteiger partial charge in [-0.05, 0) is 48.2 Å². The van der Waals surface area contributed by atoms with E-state index in [1.807, 2.05) is 47.4 Å². The zero-order valence-electron chi connectivity index (χ0n) is 16.7. The fourth-order valence-corrected chi connectivity index (χ4v) is 5.18. The van der Waals surface area contributed by atoms with Gasteiger partial charge in [0.05, 0.1) is 17.4 Å². The molecule has 0 N–H and O–H groups in total. The number of rotatable bonds is 2. The molecule has 3 aromatic rings. The first-order valence-electron chi connectivity index (χ1n) is 10.0. The number of halogens is 3. The van der Waals surface area contributed by atoms with Gasteiger partial charge in [0.2, 0.25) is 0 Å². The van der Waals surface area contributed by atoms with E-state index in [4.69, 9.17) is 5.26 Å². The number of fused-ring (bicyclic) bond motifs is 1. The minimum atomic E-state index is -4.77. The van der Waals surface area contributed by atoms with Crippen LogP contribution in [0.25, 0.3) is 10.8 Å². The molecule has 9 heteroatoms. The highest BCUT2D eigenvalue weighted by molar-refractivity contribution is 7.81. The summed E-state index contributed by atoms with van der Waals surface area (Å²) in [5, 5.41) is 11.1. The van der Waals surface area contributed by atoms with Crippen LogP contribution in [-0.2, 0) is 11.0 Å². The van der Waals surface area contributed by atoms with Crippen LogP contribution in [0.1, 0.15) is 30.5 Å². The SMILES string of the molecule is N#Cc1ncc(N2C(=O)C3(CCC3)N(c3ccc4ccccc4c3)C2S)cc1C(F)(F)F. The standard InChI is InChI=1S/C23H17F3N4OS/c24-23(25,26)18-11-17(13-28-19(18)12-27)29-20(31)22(8-3-9-22)30(21(29)32)16-7-6-14-4-1-2-5-15(14)10-16/h1-2,4-7,10-11,13,21,32H,3,8-9H2. The Bertz CT molecular complexity index is 1280. The number of anilines is 2. The molecule has 2 aliphatic rings. The molecule has 1 amide bonds. The second-order valence-electron chi connectivity index (χ2n) is 8.01.